The van der Waals surface area contributed by atoms with Crippen molar-refractivity contribution < 1.29 is 19.8 Å². The van der Waals surface area contributed by atoms with Gasteiger partial charge in [0.2, 0.25) is 0 Å². The third kappa shape index (κ3) is 2.16. The third-order valence-corrected chi connectivity index (χ3v) is 5.02. The molecule has 2 aliphatic rings. The molecule has 0 spiro atoms. The largest absolute Gasteiger partial charge is 0.479 e. The van der Waals surface area contributed by atoms with Gasteiger partial charge < -0.3 is 20.0 Å². The van der Waals surface area contributed by atoms with Gasteiger partial charge in [0.15, 0.2) is 0 Å². The normalized spacial score (nSPS) is 33.8. The highest BCUT2D eigenvalue weighted by Gasteiger charge is 2.51. The first kappa shape index (κ1) is 15.1. The highest BCUT2D eigenvalue weighted by atomic mass is 16.4. The molecule has 0 radical (unpaired) electrons. The fourth-order valence-corrected chi connectivity index (χ4v) is 3.58. The highest BCUT2D eigenvalue weighted by Crippen LogP contribution is 2.35. The lowest BCUT2D eigenvalue weighted by molar-refractivity contribution is -0.148. The Bertz CT molecular complexity index is 401. The monoisotopic (exact) mass is 284 g/mol. The van der Waals surface area contributed by atoms with E-state index in [1.54, 1.807) is 4.90 Å². The van der Waals surface area contributed by atoms with Crippen molar-refractivity contribution in [1.29, 1.82) is 0 Å². The van der Waals surface area contributed by atoms with E-state index in [1.807, 2.05) is 13.8 Å². The van der Waals surface area contributed by atoms with Crippen LogP contribution in [0.3, 0.4) is 0 Å². The molecule has 6 heteroatoms. The quantitative estimate of drug-likeness (QED) is 0.814. The number of aliphatic carboxylic acids is 1. The average Bonchev–Trinajstić information content (AvgIpc) is 3.01. The van der Waals surface area contributed by atoms with Gasteiger partial charge in [0.05, 0.1) is 12.6 Å². The van der Waals surface area contributed by atoms with E-state index in [-0.39, 0.29) is 24.6 Å². The van der Waals surface area contributed by atoms with E-state index in [2.05, 4.69) is 0 Å². The molecule has 3 unspecified atom stereocenters. The summed E-state index contributed by atoms with van der Waals surface area (Å²) < 4.78 is 0. The first-order valence-electron chi connectivity index (χ1n) is 7.40. The summed E-state index contributed by atoms with van der Waals surface area (Å²) in [5.74, 6) is -0.661. The molecule has 0 saturated carbocycles. The molecule has 3 atom stereocenters. The minimum absolute atomic E-state index is 0.0626. The molecule has 0 aromatic heterocycles. The molecule has 2 N–H and O–H groups in total. The number of likely N-dealkylation sites (tertiary alicyclic amines) is 2. The predicted octanol–water partition coefficient (Wildman–Crippen LogP) is 1.14. The highest BCUT2D eigenvalue weighted by molar-refractivity contribution is 5.87. The molecular formula is C14H24N2O4. The lowest BCUT2D eigenvalue weighted by Gasteiger charge is -2.38. The fraction of sp³-hybridized carbons (Fsp3) is 0.857. The summed E-state index contributed by atoms with van der Waals surface area (Å²) in [6.07, 6.45) is 2.51. The number of rotatable bonds is 3. The first-order chi connectivity index (χ1) is 9.47. The number of nitrogens with zero attached hydrogens (tertiary/aromatic N) is 2. The van der Waals surface area contributed by atoms with Crippen LogP contribution in [-0.4, -0.2) is 63.3 Å². The Kier molecular flexibility index (Phi) is 4.22. The molecule has 2 fully saturated rings. The van der Waals surface area contributed by atoms with Gasteiger partial charge in [-0.15, -0.1) is 0 Å². The molecule has 2 heterocycles. The second-order valence-electron chi connectivity index (χ2n) is 5.94. The topological polar surface area (TPSA) is 81.1 Å². The minimum atomic E-state index is -1.07. The molecule has 0 aromatic carbocycles. The smallest absolute Gasteiger partial charge is 0.329 e. The van der Waals surface area contributed by atoms with Gasteiger partial charge in [-0.2, -0.15) is 0 Å². The zero-order valence-electron chi connectivity index (χ0n) is 12.2. The van der Waals surface area contributed by atoms with Crippen LogP contribution >= 0.6 is 0 Å². The lowest BCUT2D eigenvalue weighted by atomic mass is 9.93. The summed E-state index contributed by atoms with van der Waals surface area (Å²) in [6, 6.07) is -0.415. The molecule has 2 saturated heterocycles. The van der Waals surface area contributed by atoms with Crippen molar-refractivity contribution in [1.82, 2.24) is 9.80 Å². The molecule has 0 bridgehead atoms. The van der Waals surface area contributed by atoms with Crippen LogP contribution in [-0.2, 0) is 4.79 Å². The summed E-state index contributed by atoms with van der Waals surface area (Å²) in [6.45, 7) is 4.86. The van der Waals surface area contributed by atoms with Gasteiger partial charge >= 0.3 is 12.0 Å². The number of aliphatic hydroxyl groups is 1. The van der Waals surface area contributed by atoms with Gasteiger partial charge in [-0.1, -0.05) is 13.8 Å². The standard InChI is InChI=1S/C14H24N2O4/c1-3-14(12(18)19)6-4-7-16(14)13(20)15-8-5-10(2)11(15)9-17/h10-11,17H,3-9H2,1-2H3,(H,18,19). The maximum absolute atomic E-state index is 12.7. The number of hydrogen-bond acceptors (Lipinski definition) is 3. The van der Waals surface area contributed by atoms with E-state index >= 15 is 0 Å². The minimum Gasteiger partial charge on any atom is -0.479 e. The SMILES string of the molecule is CCC1(C(=O)O)CCCN1C(=O)N1CCC(C)C1CO. The number of hydrogen-bond donors (Lipinski definition) is 2. The van der Waals surface area contributed by atoms with Crippen molar-refractivity contribution in [2.24, 2.45) is 5.92 Å². The number of urea groups is 1. The van der Waals surface area contributed by atoms with Gasteiger partial charge in [-0.3, -0.25) is 0 Å². The summed E-state index contributed by atoms with van der Waals surface area (Å²) >= 11 is 0. The number of carbonyl (C=O) groups is 2. The molecule has 6 nitrogen and oxygen atoms in total. The van der Waals surface area contributed by atoms with Crippen molar-refractivity contribution in [2.75, 3.05) is 19.7 Å². The van der Waals surface area contributed by atoms with Crippen LogP contribution in [0.15, 0.2) is 0 Å². The van der Waals surface area contributed by atoms with Crippen molar-refractivity contribution in [3.8, 4) is 0 Å². The summed E-state index contributed by atoms with van der Waals surface area (Å²) in [5, 5.41) is 19.0. The number of carboxylic acid groups (broad SMARTS) is 1. The van der Waals surface area contributed by atoms with Gasteiger partial charge in [0.1, 0.15) is 5.54 Å². The van der Waals surface area contributed by atoms with E-state index in [0.717, 1.165) is 12.8 Å². The molecule has 2 amide bonds. The van der Waals surface area contributed by atoms with E-state index in [1.165, 1.54) is 4.90 Å². The molecule has 0 aromatic rings. The van der Waals surface area contributed by atoms with Gasteiger partial charge in [-0.25, -0.2) is 9.59 Å². The number of amides is 2. The maximum atomic E-state index is 12.7. The second kappa shape index (κ2) is 5.60. The van der Waals surface area contributed by atoms with E-state index in [0.29, 0.717) is 25.9 Å². The van der Waals surface area contributed by atoms with Crippen LogP contribution in [0.2, 0.25) is 0 Å². The Morgan fingerprint density at radius 1 is 1.35 bits per heavy atom. The lowest BCUT2D eigenvalue weighted by Crippen LogP contribution is -2.57. The molecule has 20 heavy (non-hydrogen) atoms. The molecule has 114 valence electrons. The zero-order valence-corrected chi connectivity index (χ0v) is 12.2. The molecule has 0 aliphatic carbocycles. The Hall–Kier alpha value is -1.30. The van der Waals surface area contributed by atoms with Crippen LogP contribution in [0.4, 0.5) is 4.79 Å². The van der Waals surface area contributed by atoms with Crippen LogP contribution in [0.5, 0.6) is 0 Å². The van der Waals surface area contributed by atoms with Crippen LogP contribution in [0, 0.1) is 5.92 Å². The third-order valence-electron chi connectivity index (χ3n) is 5.02. The van der Waals surface area contributed by atoms with Crippen molar-refractivity contribution >= 4 is 12.0 Å². The zero-order chi connectivity index (χ0) is 14.9. The van der Waals surface area contributed by atoms with Crippen LogP contribution < -0.4 is 0 Å². The van der Waals surface area contributed by atoms with Gasteiger partial charge in [-0.05, 0) is 31.6 Å². The second-order valence-corrected chi connectivity index (χ2v) is 5.94. The maximum Gasteiger partial charge on any atom is 0.329 e. The van der Waals surface area contributed by atoms with E-state index in [4.69, 9.17) is 0 Å². The number of carbonyl (C=O) groups excluding carboxylic acids is 1. The summed E-state index contributed by atoms with van der Waals surface area (Å²) in [4.78, 5) is 27.5. The summed E-state index contributed by atoms with van der Waals surface area (Å²) in [5.41, 5.74) is -1.07. The molecule has 2 aliphatic heterocycles. The Labute approximate surface area is 119 Å². The van der Waals surface area contributed by atoms with E-state index in [9.17, 15) is 19.8 Å². The van der Waals surface area contributed by atoms with Crippen molar-refractivity contribution in [3.05, 3.63) is 0 Å². The first-order valence-corrected chi connectivity index (χ1v) is 7.40. The van der Waals surface area contributed by atoms with Crippen molar-refractivity contribution in [3.63, 3.8) is 0 Å². The number of aliphatic hydroxyl groups excluding tert-OH is 1. The van der Waals surface area contributed by atoms with Gasteiger partial charge in [0, 0.05) is 13.1 Å². The number of carboxylic acids is 1. The average molecular weight is 284 g/mol. The van der Waals surface area contributed by atoms with Crippen LogP contribution in [0.25, 0.3) is 0 Å². The molecular weight excluding hydrogens is 260 g/mol. The summed E-state index contributed by atoms with van der Waals surface area (Å²) in [7, 11) is 0. The van der Waals surface area contributed by atoms with Crippen molar-refractivity contribution in [2.45, 2.75) is 51.1 Å². The Balaban J connectivity index is 2.22. The fourth-order valence-electron chi connectivity index (χ4n) is 3.58. The van der Waals surface area contributed by atoms with E-state index < -0.39 is 11.5 Å². The molecule has 2 rings (SSSR count). The van der Waals surface area contributed by atoms with Gasteiger partial charge in [0.25, 0.3) is 0 Å². The Morgan fingerprint density at radius 3 is 2.60 bits per heavy atom. The Morgan fingerprint density at radius 2 is 2.05 bits per heavy atom. The van der Waals surface area contributed by atoms with Crippen LogP contribution in [0.1, 0.15) is 39.5 Å². The predicted molar refractivity (Wildman–Crippen MR) is 73.4 cm³/mol.